The first kappa shape index (κ1) is 9.86. The number of rotatable bonds is 1. The van der Waals surface area contributed by atoms with Crippen LogP contribution in [0.3, 0.4) is 0 Å². The molecule has 0 aromatic heterocycles. The van der Waals surface area contributed by atoms with Gasteiger partial charge in [0.25, 0.3) is 0 Å². The molecule has 0 aromatic rings. The van der Waals surface area contributed by atoms with Crippen molar-refractivity contribution >= 4 is 0 Å². The van der Waals surface area contributed by atoms with Gasteiger partial charge in [0.05, 0.1) is 13.2 Å². The molecular weight excluding hydrogens is 180 g/mol. The predicted octanol–water partition coefficient (Wildman–Crippen LogP) is -0.101. The zero-order valence-corrected chi connectivity index (χ0v) is 8.06. The fourth-order valence-corrected chi connectivity index (χ4v) is 1.86. The predicted molar refractivity (Wildman–Crippen MR) is 52.1 cm³/mol. The van der Waals surface area contributed by atoms with Crippen molar-refractivity contribution in [2.75, 3.05) is 26.3 Å². The van der Waals surface area contributed by atoms with Gasteiger partial charge < -0.3 is 10.5 Å². The third kappa shape index (κ3) is 1.62. The van der Waals surface area contributed by atoms with Gasteiger partial charge in [-0.15, -0.1) is 0 Å². The standard InChI is InChI=1S/C10H15N2O2/c11-10(4-2-1-3-9(10)13)12-5-7-14-8-6-12/h1-4,9H,5-8,11H2. The molecule has 2 unspecified atom stereocenters. The highest BCUT2D eigenvalue weighted by Crippen LogP contribution is 2.21. The van der Waals surface area contributed by atoms with Crippen LogP contribution >= 0.6 is 0 Å². The van der Waals surface area contributed by atoms with Crippen LogP contribution < -0.4 is 5.73 Å². The highest BCUT2D eigenvalue weighted by Gasteiger charge is 2.38. The first-order valence-electron chi connectivity index (χ1n) is 4.87. The molecule has 2 N–H and O–H groups in total. The lowest BCUT2D eigenvalue weighted by atomic mass is 9.96. The monoisotopic (exact) mass is 195 g/mol. The Morgan fingerprint density at radius 3 is 2.71 bits per heavy atom. The van der Waals surface area contributed by atoms with Crippen LogP contribution in [0.25, 0.3) is 0 Å². The third-order valence-electron chi connectivity index (χ3n) is 2.77. The van der Waals surface area contributed by atoms with Crippen molar-refractivity contribution < 1.29 is 9.84 Å². The van der Waals surface area contributed by atoms with Gasteiger partial charge in [0.15, 0.2) is 0 Å². The van der Waals surface area contributed by atoms with Crippen molar-refractivity contribution in [3.8, 4) is 0 Å². The Hall–Kier alpha value is -0.680. The second kappa shape index (κ2) is 3.82. The van der Waals surface area contributed by atoms with Crippen molar-refractivity contribution in [1.82, 2.24) is 4.90 Å². The normalized spacial score (nSPS) is 38.9. The Morgan fingerprint density at radius 1 is 1.36 bits per heavy atom. The molecule has 2 atom stereocenters. The van der Waals surface area contributed by atoms with Gasteiger partial charge in [-0.25, -0.2) is 5.11 Å². The molecule has 0 aromatic carbocycles. The molecule has 4 nitrogen and oxygen atoms in total. The zero-order chi connectivity index (χ0) is 10.0. The molecule has 0 amide bonds. The topological polar surface area (TPSA) is 58.4 Å². The summed E-state index contributed by atoms with van der Waals surface area (Å²) < 4.78 is 5.23. The van der Waals surface area contributed by atoms with Crippen LogP contribution in [0.4, 0.5) is 0 Å². The Labute approximate surface area is 83.6 Å². The first-order valence-corrected chi connectivity index (χ1v) is 4.87. The molecule has 77 valence electrons. The Balaban J connectivity index is 2.13. The van der Waals surface area contributed by atoms with Crippen LogP contribution in [0.1, 0.15) is 0 Å². The number of hydrogen-bond donors (Lipinski definition) is 1. The van der Waals surface area contributed by atoms with E-state index in [9.17, 15) is 5.11 Å². The molecular formula is C10H15N2O2. The van der Waals surface area contributed by atoms with Gasteiger partial charge in [0, 0.05) is 13.1 Å². The van der Waals surface area contributed by atoms with Crippen LogP contribution in [-0.2, 0) is 9.84 Å². The fraction of sp³-hybridized carbons (Fsp3) is 0.600. The summed E-state index contributed by atoms with van der Waals surface area (Å²) in [4.78, 5) is 1.99. The number of hydrogen-bond acceptors (Lipinski definition) is 3. The number of nitrogens with two attached hydrogens (primary N) is 1. The molecule has 0 bridgehead atoms. The van der Waals surface area contributed by atoms with E-state index in [1.807, 2.05) is 11.0 Å². The highest BCUT2D eigenvalue weighted by atomic mass is 16.5. The molecule has 2 rings (SSSR count). The smallest absolute Gasteiger partial charge is 0.146 e. The second-order valence-corrected chi connectivity index (χ2v) is 3.65. The van der Waals surface area contributed by atoms with E-state index >= 15 is 0 Å². The number of ether oxygens (including phenoxy) is 1. The first-order chi connectivity index (χ1) is 6.73. The zero-order valence-electron chi connectivity index (χ0n) is 8.06. The Bertz CT molecular complexity index is 259. The van der Waals surface area contributed by atoms with E-state index in [-0.39, 0.29) is 0 Å². The van der Waals surface area contributed by atoms with E-state index in [1.165, 1.54) is 0 Å². The minimum Gasteiger partial charge on any atom is -0.379 e. The van der Waals surface area contributed by atoms with Gasteiger partial charge in [0.1, 0.15) is 11.8 Å². The molecule has 2 aliphatic rings. The molecule has 1 saturated heterocycles. The maximum atomic E-state index is 11.8. The summed E-state index contributed by atoms with van der Waals surface area (Å²) in [5.74, 6) is 0. The molecule has 1 aliphatic carbocycles. The van der Waals surface area contributed by atoms with Crippen LogP contribution in [0.15, 0.2) is 24.3 Å². The second-order valence-electron chi connectivity index (χ2n) is 3.65. The van der Waals surface area contributed by atoms with E-state index in [0.29, 0.717) is 13.2 Å². The number of allylic oxidation sites excluding steroid dienone is 2. The number of nitrogens with zero attached hydrogens (tertiary/aromatic N) is 1. The van der Waals surface area contributed by atoms with Gasteiger partial charge in [-0.1, -0.05) is 12.2 Å². The quantitative estimate of drug-likeness (QED) is 0.635. The molecule has 1 radical (unpaired) electrons. The van der Waals surface area contributed by atoms with Crippen LogP contribution in [0.5, 0.6) is 0 Å². The highest BCUT2D eigenvalue weighted by molar-refractivity contribution is 5.24. The SMILES string of the molecule is NC1(N2CCOCC2)C=CC=CC1[O]. The van der Waals surface area contributed by atoms with Crippen molar-refractivity contribution in [2.24, 2.45) is 5.73 Å². The van der Waals surface area contributed by atoms with E-state index in [2.05, 4.69) is 0 Å². The van der Waals surface area contributed by atoms with Crippen LogP contribution in [0, 0.1) is 0 Å². The van der Waals surface area contributed by atoms with E-state index in [0.717, 1.165) is 13.1 Å². The summed E-state index contributed by atoms with van der Waals surface area (Å²) in [6.45, 7) is 2.77. The lowest BCUT2D eigenvalue weighted by Gasteiger charge is -2.43. The summed E-state index contributed by atoms with van der Waals surface area (Å²) in [5, 5.41) is 11.8. The largest absolute Gasteiger partial charge is 0.379 e. The van der Waals surface area contributed by atoms with Crippen molar-refractivity contribution in [3.05, 3.63) is 24.3 Å². The maximum Gasteiger partial charge on any atom is 0.146 e. The average molecular weight is 195 g/mol. The van der Waals surface area contributed by atoms with E-state index < -0.39 is 11.8 Å². The van der Waals surface area contributed by atoms with Gasteiger partial charge in [-0.2, -0.15) is 0 Å². The van der Waals surface area contributed by atoms with Gasteiger partial charge in [0.2, 0.25) is 0 Å². The molecule has 1 aliphatic heterocycles. The molecule has 0 saturated carbocycles. The third-order valence-corrected chi connectivity index (χ3v) is 2.77. The van der Waals surface area contributed by atoms with Crippen LogP contribution in [0.2, 0.25) is 0 Å². The van der Waals surface area contributed by atoms with Gasteiger partial charge >= 0.3 is 0 Å². The molecule has 14 heavy (non-hydrogen) atoms. The molecule has 1 heterocycles. The minimum absolute atomic E-state index is 0.656. The fourth-order valence-electron chi connectivity index (χ4n) is 1.86. The summed E-state index contributed by atoms with van der Waals surface area (Å²) in [6, 6.07) is 0. The summed E-state index contributed by atoms with van der Waals surface area (Å²) in [6.07, 6.45) is 6.10. The van der Waals surface area contributed by atoms with Gasteiger partial charge in [-0.05, 0) is 12.2 Å². The molecule has 4 heteroatoms. The molecule has 1 fully saturated rings. The number of morpholine rings is 1. The van der Waals surface area contributed by atoms with Crippen molar-refractivity contribution in [2.45, 2.75) is 11.8 Å². The summed E-state index contributed by atoms with van der Waals surface area (Å²) >= 11 is 0. The van der Waals surface area contributed by atoms with Crippen molar-refractivity contribution in [1.29, 1.82) is 0 Å². The average Bonchev–Trinajstić information content (AvgIpc) is 2.24. The maximum absolute atomic E-state index is 11.8. The van der Waals surface area contributed by atoms with E-state index in [1.54, 1.807) is 18.2 Å². The molecule has 0 spiro atoms. The summed E-state index contributed by atoms with van der Waals surface area (Å²) in [7, 11) is 0. The van der Waals surface area contributed by atoms with Gasteiger partial charge in [-0.3, -0.25) is 4.90 Å². The van der Waals surface area contributed by atoms with Crippen LogP contribution in [-0.4, -0.2) is 43.0 Å². The Morgan fingerprint density at radius 2 is 2.07 bits per heavy atom. The lowest BCUT2D eigenvalue weighted by Crippen LogP contribution is -2.64. The Kier molecular flexibility index (Phi) is 2.69. The van der Waals surface area contributed by atoms with E-state index in [4.69, 9.17) is 10.5 Å². The van der Waals surface area contributed by atoms with Crippen molar-refractivity contribution in [3.63, 3.8) is 0 Å². The minimum atomic E-state index is -0.884. The lowest BCUT2D eigenvalue weighted by molar-refractivity contribution is -0.0592. The summed E-state index contributed by atoms with van der Waals surface area (Å²) in [5.41, 5.74) is 5.23.